The first-order chi connectivity index (χ1) is 12.7. The Balaban J connectivity index is 0.00000261. The van der Waals surface area contributed by atoms with E-state index in [9.17, 15) is 9.59 Å². The summed E-state index contributed by atoms with van der Waals surface area (Å²) in [7, 11) is 0. The van der Waals surface area contributed by atoms with Crippen LogP contribution < -0.4 is 10.6 Å². The normalized spacial score (nSPS) is 13.8. The number of H-pyrrole nitrogens is 1. The van der Waals surface area contributed by atoms with Crippen molar-refractivity contribution in [3.05, 3.63) is 52.8 Å². The number of rotatable bonds is 7. The molecule has 0 spiro atoms. The van der Waals surface area contributed by atoms with Gasteiger partial charge in [0.25, 0.3) is 5.91 Å². The minimum atomic E-state index is -0.436. The highest BCUT2D eigenvalue weighted by Crippen LogP contribution is 2.16. The van der Waals surface area contributed by atoms with Crippen molar-refractivity contribution >= 4 is 24.3 Å². The fourth-order valence-electron chi connectivity index (χ4n) is 3.11. The standard InChI is InChI=1S/C19H24N4O3.ClH/c1-2-26-19(25)14(10-13-6-4-3-5-7-13)11-21-18(24)17-15-12-20-9-8-16(15)22-23-17;/h3-7,14,20H,2,8-12H2,1H3,(H,21,24)(H,22,23);1H. The number of amides is 1. The zero-order chi connectivity index (χ0) is 18.4. The summed E-state index contributed by atoms with van der Waals surface area (Å²) in [5, 5.41) is 13.2. The second kappa shape index (κ2) is 10.1. The van der Waals surface area contributed by atoms with Crippen molar-refractivity contribution in [2.75, 3.05) is 19.7 Å². The fourth-order valence-corrected chi connectivity index (χ4v) is 3.11. The molecule has 2 heterocycles. The molecule has 0 aliphatic carbocycles. The number of hydrogen-bond donors (Lipinski definition) is 3. The highest BCUT2D eigenvalue weighted by atomic mass is 35.5. The number of carbonyl (C=O) groups is 2. The minimum Gasteiger partial charge on any atom is -0.466 e. The summed E-state index contributed by atoms with van der Waals surface area (Å²) in [5.41, 5.74) is 3.33. The molecule has 0 bridgehead atoms. The van der Waals surface area contributed by atoms with E-state index < -0.39 is 5.92 Å². The molecule has 0 saturated heterocycles. The van der Waals surface area contributed by atoms with Crippen molar-refractivity contribution in [1.82, 2.24) is 20.8 Å². The number of hydrogen-bond acceptors (Lipinski definition) is 5. The van der Waals surface area contributed by atoms with Crippen LogP contribution in [-0.4, -0.2) is 41.8 Å². The van der Waals surface area contributed by atoms with Crippen LogP contribution in [0.15, 0.2) is 30.3 Å². The Bertz CT molecular complexity index is 764. The summed E-state index contributed by atoms with van der Waals surface area (Å²) in [4.78, 5) is 24.8. The quantitative estimate of drug-likeness (QED) is 0.622. The molecular formula is C19H25ClN4O3. The van der Waals surface area contributed by atoms with E-state index in [0.29, 0.717) is 25.3 Å². The lowest BCUT2D eigenvalue weighted by Gasteiger charge is -2.17. The van der Waals surface area contributed by atoms with Crippen molar-refractivity contribution in [2.45, 2.75) is 26.3 Å². The summed E-state index contributed by atoms with van der Waals surface area (Å²) < 4.78 is 5.17. The number of halogens is 1. The third kappa shape index (κ3) is 5.30. The summed E-state index contributed by atoms with van der Waals surface area (Å²) in [5.74, 6) is -1.01. The Morgan fingerprint density at radius 2 is 2.07 bits per heavy atom. The first kappa shape index (κ1) is 20.9. The summed E-state index contributed by atoms with van der Waals surface area (Å²) in [6.07, 6.45) is 1.34. The van der Waals surface area contributed by atoms with Crippen LogP contribution in [0.2, 0.25) is 0 Å². The van der Waals surface area contributed by atoms with Crippen LogP contribution in [0.1, 0.15) is 34.2 Å². The Hall–Kier alpha value is -2.38. The smallest absolute Gasteiger partial charge is 0.311 e. The molecule has 0 saturated carbocycles. The Morgan fingerprint density at radius 1 is 1.30 bits per heavy atom. The number of aromatic amines is 1. The van der Waals surface area contributed by atoms with Gasteiger partial charge in [0.05, 0.1) is 12.5 Å². The van der Waals surface area contributed by atoms with E-state index in [2.05, 4.69) is 20.8 Å². The van der Waals surface area contributed by atoms with Gasteiger partial charge in [-0.2, -0.15) is 5.10 Å². The maximum absolute atomic E-state index is 12.5. The third-order valence-corrected chi connectivity index (χ3v) is 4.48. The van der Waals surface area contributed by atoms with Crippen LogP contribution in [0.4, 0.5) is 0 Å². The molecule has 8 heteroatoms. The second-order valence-corrected chi connectivity index (χ2v) is 6.30. The molecule has 27 heavy (non-hydrogen) atoms. The van der Waals surface area contributed by atoms with E-state index in [1.807, 2.05) is 30.3 Å². The van der Waals surface area contributed by atoms with Crippen molar-refractivity contribution in [3.63, 3.8) is 0 Å². The lowest BCUT2D eigenvalue weighted by atomic mass is 9.99. The van der Waals surface area contributed by atoms with Crippen LogP contribution in [0.5, 0.6) is 0 Å². The average Bonchev–Trinajstić information content (AvgIpc) is 3.10. The van der Waals surface area contributed by atoms with Crippen molar-refractivity contribution < 1.29 is 14.3 Å². The van der Waals surface area contributed by atoms with Gasteiger partial charge in [0, 0.05) is 37.3 Å². The third-order valence-electron chi connectivity index (χ3n) is 4.48. The monoisotopic (exact) mass is 392 g/mol. The summed E-state index contributed by atoms with van der Waals surface area (Å²) in [6.45, 7) is 3.80. The van der Waals surface area contributed by atoms with Gasteiger partial charge in [0.15, 0.2) is 5.69 Å². The van der Waals surface area contributed by atoms with E-state index in [1.165, 1.54) is 0 Å². The molecule has 1 aromatic heterocycles. The topological polar surface area (TPSA) is 96.1 Å². The van der Waals surface area contributed by atoms with Crippen LogP contribution in [0.3, 0.4) is 0 Å². The van der Waals surface area contributed by atoms with Gasteiger partial charge in [0.2, 0.25) is 0 Å². The molecule has 146 valence electrons. The number of fused-ring (bicyclic) bond motifs is 1. The molecule has 1 amide bonds. The SMILES string of the molecule is CCOC(=O)C(CNC(=O)c1n[nH]c2c1CNCC2)Cc1ccccc1.Cl. The van der Waals surface area contributed by atoms with E-state index in [-0.39, 0.29) is 30.8 Å². The van der Waals surface area contributed by atoms with Gasteiger partial charge in [-0.1, -0.05) is 30.3 Å². The molecule has 1 aromatic carbocycles. The highest BCUT2D eigenvalue weighted by molar-refractivity contribution is 5.94. The van der Waals surface area contributed by atoms with E-state index >= 15 is 0 Å². The van der Waals surface area contributed by atoms with Gasteiger partial charge in [-0.3, -0.25) is 14.7 Å². The molecule has 0 radical (unpaired) electrons. The number of esters is 1. The number of aromatic nitrogens is 2. The minimum absolute atomic E-state index is 0. The van der Waals surface area contributed by atoms with Gasteiger partial charge in [0.1, 0.15) is 0 Å². The zero-order valence-corrected chi connectivity index (χ0v) is 16.1. The Kier molecular flexibility index (Phi) is 7.82. The number of benzene rings is 1. The number of ether oxygens (including phenoxy) is 1. The number of nitrogens with zero attached hydrogens (tertiary/aromatic N) is 1. The van der Waals surface area contributed by atoms with Gasteiger partial charge in [-0.25, -0.2) is 0 Å². The summed E-state index contributed by atoms with van der Waals surface area (Å²) >= 11 is 0. The van der Waals surface area contributed by atoms with Gasteiger partial charge < -0.3 is 15.4 Å². The molecule has 2 aromatic rings. The molecule has 7 nitrogen and oxygen atoms in total. The van der Waals surface area contributed by atoms with Crippen LogP contribution in [-0.2, 0) is 28.9 Å². The van der Waals surface area contributed by atoms with Crippen LogP contribution in [0, 0.1) is 5.92 Å². The van der Waals surface area contributed by atoms with Gasteiger partial charge in [-0.05, 0) is 18.9 Å². The Morgan fingerprint density at radius 3 is 2.81 bits per heavy atom. The number of carbonyl (C=O) groups excluding carboxylic acids is 2. The van der Waals surface area contributed by atoms with Gasteiger partial charge in [-0.15, -0.1) is 12.4 Å². The first-order valence-corrected chi connectivity index (χ1v) is 8.94. The molecule has 3 rings (SSSR count). The summed E-state index contributed by atoms with van der Waals surface area (Å²) in [6, 6.07) is 9.71. The van der Waals surface area contributed by atoms with Crippen LogP contribution in [0.25, 0.3) is 0 Å². The average molecular weight is 393 g/mol. The predicted octanol–water partition coefficient (Wildman–Crippen LogP) is 1.63. The van der Waals surface area contributed by atoms with E-state index in [1.54, 1.807) is 6.92 Å². The van der Waals surface area contributed by atoms with Crippen LogP contribution >= 0.6 is 12.4 Å². The van der Waals surface area contributed by atoms with Gasteiger partial charge >= 0.3 is 5.97 Å². The molecule has 0 fully saturated rings. The largest absolute Gasteiger partial charge is 0.466 e. The molecule has 1 aliphatic rings. The zero-order valence-electron chi connectivity index (χ0n) is 15.3. The predicted molar refractivity (Wildman–Crippen MR) is 104 cm³/mol. The number of nitrogens with one attached hydrogen (secondary N) is 3. The van der Waals surface area contributed by atoms with E-state index in [0.717, 1.165) is 29.8 Å². The molecule has 3 N–H and O–H groups in total. The van der Waals surface area contributed by atoms with Crippen molar-refractivity contribution in [3.8, 4) is 0 Å². The highest BCUT2D eigenvalue weighted by Gasteiger charge is 2.25. The maximum Gasteiger partial charge on any atom is 0.311 e. The fraction of sp³-hybridized carbons (Fsp3) is 0.421. The Labute approximate surface area is 164 Å². The molecule has 1 atom stereocenters. The van der Waals surface area contributed by atoms with E-state index in [4.69, 9.17) is 4.74 Å². The molecular weight excluding hydrogens is 368 g/mol. The van der Waals surface area contributed by atoms with Crippen molar-refractivity contribution in [1.29, 1.82) is 0 Å². The van der Waals surface area contributed by atoms with Crippen molar-refractivity contribution in [2.24, 2.45) is 5.92 Å². The lowest BCUT2D eigenvalue weighted by Crippen LogP contribution is -2.36. The first-order valence-electron chi connectivity index (χ1n) is 8.94. The maximum atomic E-state index is 12.5. The molecule has 1 aliphatic heterocycles. The lowest BCUT2D eigenvalue weighted by molar-refractivity contribution is -0.147. The second-order valence-electron chi connectivity index (χ2n) is 6.30. The molecule has 1 unspecified atom stereocenters.